The zero-order valence-corrected chi connectivity index (χ0v) is 30.7. The van der Waals surface area contributed by atoms with Crippen LogP contribution in [-0.2, 0) is 43.0 Å². The lowest BCUT2D eigenvalue weighted by Crippen LogP contribution is -2.37. The Morgan fingerprint density at radius 1 is 0.870 bits per heavy atom. The van der Waals surface area contributed by atoms with Crippen LogP contribution in [0.15, 0.2) is 0 Å². The third-order valence-corrected chi connectivity index (χ3v) is 7.55. The zero-order chi connectivity index (χ0) is 36.3. The molecule has 1 atom stereocenters. The minimum Gasteiger partial charge on any atom is -0.378 e. The number of nitrogens with zero attached hydrogens (tertiary/aromatic N) is 3. The van der Waals surface area contributed by atoms with Crippen LogP contribution in [0.25, 0.3) is 0 Å². The molecule has 46 heavy (non-hydrogen) atoms. The van der Waals surface area contributed by atoms with E-state index in [1.165, 1.54) is 49.9 Å². The van der Waals surface area contributed by atoms with Crippen molar-refractivity contribution in [3.8, 4) is 0 Å². The molecular formula is C32H64N4O9S. The van der Waals surface area contributed by atoms with E-state index in [1.807, 2.05) is 53.2 Å². The second kappa shape index (κ2) is 37.2. The summed E-state index contributed by atoms with van der Waals surface area (Å²) >= 11 is 1.50. The number of rotatable bonds is 18. The minimum atomic E-state index is -0.277. The van der Waals surface area contributed by atoms with Crippen LogP contribution < -0.4 is 5.73 Å². The van der Waals surface area contributed by atoms with Gasteiger partial charge in [0.2, 0.25) is 17.7 Å². The van der Waals surface area contributed by atoms with Crippen molar-refractivity contribution in [2.45, 2.75) is 78.4 Å². The lowest BCUT2D eigenvalue weighted by atomic mass is 9.89. The molecule has 1 aliphatic carbocycles. The Kier molecular flexibility index (Phi) is 41.0. The molecule has 0 aromatic heterocycles. The third-order valence-electron chi connectivity index (χ3n) is 6.37. The normalized spacial score (nSPS) is 15.3. The van der Waals surface area contributed by atoms with Crippen molar-refractivity contribution in [1.82, 2.24) is 14.7 Å². The van der Waals surface area contributed by atoms with Crippen molar-refractivity contribution in [1.29, 1.82) is 0 Å². The summed E-state index contributed by atoms with van der Waals surface area (Å²) in [5, 5.41) is -0.277. The Morgan fingerprint density at radius 2 is 1.43 bits per heavy atom. The average molecular weight is 681 g/mol. The number of carbonyl (C=O) groups is 6. The molecule has 2 rings (SSSR count). The van der Waals surface area contributed by atoms with Gasteiger partial charge in [0.25, 0.3) is 0 Å². The predicted molar refractivity (Wildman–Crippen MR) is 185 cm³/mol. The molecular weight excluding hydrogens is 616 g/mol. The summed E-state index contributed by atoms with van der Waals surface area (Å²) in [7, 11) is 5.10. The van der Waals surface area contributed by atoms with E-state index in [0.29, 0.717) is 64.3 Å². The summed E-state index contributed by atoms with van der Waals surface area (Å²) in [6, 6.07) is 0. The van der Waals surface area contributed by atoms with E-state index in [1.54, 1.807) is 11.9 Å². The quantitative estimate of drug-likeness (QED) is 0.128. The SMILES string of the molecule is C=O.C=O.CC.CC.CC(=O)COCC(=O)N(C)CCN(C)COCCOCCSC1CC(=O)N(CC2CCCCC2)C1=O.CN. The fourth-order valence-electron chi connectivity index (χ4n) is 4.19. The van der Waals surface area contributed by atoms with Crippen LogP contribution in [0.4, 0.5) is 0 Å². The molecule has 14 heteroatoms. The van der Waals surface area contributed by atoms with E-state index in [0.717, 1.165) is 12.8 Å². The molecule has 1 heterocycles. The Labute approximate surface area is 282 Å². The standard InChI is InChI=1S/C25H43N3O7S.2C2H6.CH5N.2CH2O/c1-20(29)17-35-18-24(31)27(3)10-9-26(2)19-34-12-11-33-13-14-36-22-15-23(30)28(25(22)32)16-21-7-5-4-6-8-21;5*1-2/h21-22H,4-19H2,1-3H3;2*1-2H3;2H2,1H3;2*1H2. The molecule has 0 aromatic rings. The van der Waals surface area contributed by atoms with Gasteiger partial charge >= 0.3 is 0 Å². The molecule has 0 radical (unpaired) electrons. The molecule has 2 N–H and O–H groups in total. The maximum absolute atomic E-state index is 12.6. The van der Waals surface area contributed by atoms with Gasteiger partial charge < -0.3 is 34.4 Å². The van der Waals surface area contributed by atoms with Gasteiger partial charge in [0, 0.05) is 38.9 Å². The zero-order valence-electron chi connectivity index (χ0n) is 29.9. The number of Topliss-reactive ketones (excluding diaryl/α,β-unsaturated/α-hetero) is 1. The van der Waals surface area contributed by atoms with Crippen LogP contribution >= 0.6 is 11.8 Å². The Bertz CT molecular complexity index is 757. The average Bonchev–Trinajstić information content (AvgIpc) is 3.36. The van der Waals surface area contributed by atoms with Crippen molar-refractivity contribution in [2.75, 3.05) is 86.3 Å². The lowest BCUT2D eigenvalue weighted by Gasteiger charge is -2.25. The fourth-order valence-corrected chi connectivity index (χ4v) is 5.22. The summed E-state index contributed by atoms with van der Waals surface area (Å²) in [5.41, 5.74) is 4.50. The number of likely N-dealkylation sites (tertiary alicyclic amines) is 1. The van der Waals surface area contributed by atoms with Gasteiger partial charge in [0.1, 0.15) is 26.8 Å². The van der Waals surface area contributed by atoms with Gasteiger partial charge in [-0.15, -0.1) is 11.8 Å². The van der Waals surface area contributed by atoms with Crippen LogP contribution in [-0.4, -0.2) is 143 Å². The number of hydrogen-bond acceptors (Lipinski definition) is 12. The first-order valence-electron chi connectivity index (χ1n) is 16.0. The van der Waals surface area contributed by atoms with Crippen LogP contribution in [0, 0.1) is 5.92 Å². The second-order valence-electron chi connectivity index (χ2n) is 9.65. The van der Waals surface area contributed by atoms with Gasteiger partial charge in [-0.1, -0.05) is 47.0 Å². The van der Waals surface area contributed by atoms with Gasteiger partial charge in [-0.05, 0) is 39.8 Å². The van der Waals surface area contributed by atoms with Crippen LogP contribution in [0.5, 0.6) is 0 Å². The maximum Gasteiger partial charge on any atom is 0.248 e. The van der Waals surface area contributed by atoms with Crippen LogP contribution in [0.1, 0.15) is 73.1 Å². The van der Waals surface area contributed by atoms with Crippen molar-refractivity contribution < 1.29 is 43.0 Å². The molecule has 0 bridgehead atoms. The molecule has 272 valence electrons. The van der Waals surface area contributed by atoms with E-state index in [9.17, 15) is 19.2 Å². The van der Waals surface area contributed by atoms with Crippen molar-refractivity contribution in [3.63, 3.8) is 0 Å². The smallest absolute Gasteiger partial charge is 0.248 e. The third kappa shape index (κ3) is 25.9. The molecule has 1 unspecified atom stereocenters. The number of thioether (sulfide) groups is 1. The molecule has 1 saturated heterocycles. The van der Waals surface area contributed by atoms with Gasteiger partial charge in [-0.25, -0.2) is 0 Å². The van der Waals surface area contributed by atoms with E-state index in [4.69, 9.17) is 23.8 Å². The molecule has 0 spiro atoms. The largest absolute Gasteiger partial charge is 0.378 e. The fraction of sp³-hybridized carbons (Fsp3) is 0.812. The number of carbonyl (C=O) groups excluding carboxylic acids is 6. The van der Waals surface area contributed by atoms with Gasteiger partial charge in [-0.3, -0.25) is 29.0 Å². The highest BCUT2D eigenvalue weighted by atomic mass is 32.2. The highest BCUT2D eigenvalue weighted by Gasteiger charge is 2.39. The van der Waals surface area contributed by atoms with Crippen LogP contribution in [0.3, 0.4) is 0 Å². The molecule has 13 nitrogen and oxygen atoms in total. The number of hydrogen-bond donors (Lipinski definition) is 1. The summed E-state index contributed by atoms with van der Waals surface area (Å²) in [4.78, 5) is 68.7. The van der Waals surface area contributed by atoms with E-state index in [-0.39, 0.29) is 42.0 Å². The number of imide groups is 1. The Balaban J connectivity index is -0.000000801. The molecule has 2 aliphatic rings. The molecule has 1 saturated carbocycles. The monoisotopic (exact) mass is 680 g/mol. The first-order chi connectivity index (χ1) is 22.3. The Hall–Kier alpha value is -2.23. The minimum absolute atomic E-state index is 0.0293. The topological polar surface area (TPSA) is 166 Å². The number of ketones is 1. The first kappa shape index (κ1) is 50.6. The molecule has 0 aromatic carbocycles. The van der Waals surface area contributed by atoms with Crippen molar-refractivity contribution >= 4 is 48.8 Å². The number of likely N-dealkylation sites (N-methyl/N-ethyl adjacent to an activating group) is 2. The summed E-state index contributed by atoms with van der Waals surface area (Å²) in [6.45, 7) is 16.8. The number of nitrogens with two attached hydrogens (primary N) is 1. The number of amides is 3. The van der Waals surface area contributed by atoms with E-state index >= 15 is 0 Å². The van der Waals surface area contributed by atoms with E-state index in [2.05, 4.69) is 5.73 Å². The highest BCUT2D eigenvalue weighted by molar-refractivity contribution is 8.00. The molecule has 2 fully saturated rings. The summed E-state index contributed by atoms with van der Waals surface area (Å²) < 4.78 is 16.3. The Morgan fingerprint density at radius 3 is 2.00 bits per heavy atom. The van der Waals surface area contributed by atoms with E-state index < -0.39 is 0 Å². The van der Waals surface area contributed by atoms with Gasteiger partial charge in [0.15, 0.2) is 5.78 Å². The first-order valence-corrected chi connectivity index (χ1v) is 17.1. The molecule has 1 aliphatic heterocycles. The van der Waals surface area contributed by atoms with Crippen LogP contribution in [0.2, 0.25) is 0 Å². The summed E-state index contributed by atoms with van der Waals surface area (Å²) in [6.07, 6.45) is 6.21. The maximum atomic E-state index is 12.6. The number of ether oxygens (including phenoxy) is 3. The molecule has 3 amide bonds. The van der Waals surface area contributed by atoms with Crippen molar-refractivity contribution in [2.24, 2.45) is 11.7 Å². The predicted octanol–water partition coefficient (Wildman–Crippen LogP) is 2.67. The summed E-state index contributed by atoms with van der Waals surface area (Å²) in [5.74, 6) is 0.798. The van der Waals surface area contributed by atoms with Crippen molar-refractivity contribution in [3.05, 3.63) is 0 Å². The highest BCUT2D eigenvalue weighted by Crippen LogP contribution is 2.29. The van der Waals surface area contributed by atoms with Gasteiger partial charge in [0.05, 0.1) is 31.8 Å². The lowest BCUT2D eigenvalue weighted by molar-refractivity contribution is -0.139. The van der Waals surface area contributed by atoms with Gasteiger partial charge in [-0.2, -0.15) is 0 Å². The second-order valence-corrected chi connectivity index (χ2v) is 11.0.